The lowest BCUT2D eigenvalue weighted by Crippen LogP contribution is -2.00. The second-order valence-corrected chi connectivity index (χ2v) is 4.79. The average molecular weight is 215 g/mol. The Balaban J connectivity index is 2.24. The van der Waals surface area contributed by atoms with E-state index in [2.05, 4.69) is 22.5 Å². The third-order valence-corrected chi connectivity index (χ3v) is 3.93. The zero-order chi connectivity index (χ0) is 10.3. The lowest BCUT2D eigenvalue weighted by molar-refractivity contribution is 0.556. The van der Waals surface area contributed by atoms with Crippen LogP contribution in [0.25, 0.3) is 10.1 Å². The zero-order valence-corrected chi connectivity index (χ0v) is 8.88. The van der Waals surface area contributed by atoms with Gasteiger partial charge < -0.3 is 0 Å². The molecule has 1 aromatic carbocycles. The Morgan fingerprint density at radius 1 is 1.33 bits per heavy atom. The van der Waals surface area contributed by atoms with Crippen LogP contribution in [0.2, 0.25) is 0 Å². The highest BCUT2D eigenvalue weighted by Gasteiger charge is 2.46. The Labute approximate surface area is 91.3 Å². The number of hydrogen-bond donors (Lipinski definition) is 0. The number of nitrogens with zero attached hydrogens (tertiary/aromatic N) is 1. The summed E-state index contributed by atoms with van der Waals surface area (Å²) in [6.07, 6.45) is 3.65. The van der Waals surface area contributed by atoms with Crippen LogP contribution in [0.5, 0.6) is 0 Å². The molecule has 74 valence electrons. The van der Waals surface area contributed by atoms with Gasteiger partial charge >= 0.3 is 0 Å². The molecule has 1 aliphatic carbocycles. The second-order valence-electron chi connectivity index (χ2n) is 3.88. The summed E-state index contributed by atoms with van der Waals surface area (Å²) >= 11 is 1.72. The van der Waals surface area contributed by atoms with Crippen molar-refractivity contribution < 1.29 is 4.79 Å². The molecule has 2 nitrogen and oxygen atoms in total. The van der Waals surface area contributed by atoms with Crippen molar-refractivity contribution in [3.8, 4) is 0 Å². The van der Waals surface area contributed by atoms with E-state index in [0.29, 0.717) is 0 Å². The number of aliphatic imine (C=N–C) groups is 1. The molecule has 1 fully saturated rings. The van der Waals surface area contributed by atoms with Gasteiger partial charge in [-0.15, -0.1) is 11.3 Å². The minimum absolute atomic E-state index is 0.235. The Hall–Kier alpha value is -1.44. The van der Waals surface area contributed by atoms with Crippen LogP contribution in [0, 0.1) is 0 Å². The molecule has 3 rings (SSSR count). The Morgan fingerprint density at radius 3 is 2.87 bits per heavy atom. The van der Waals surface area contributed by atoms with Crippen LogP contribution < -0.4 is 0 Å². The third kappa shape index (κ3) is 1.24. The van der Waals surface area contributed by atoms with Crippen molar-refractivity contribution in [2.75, 3.05) is 0 Å². The van der Waals surface area contributed by atoms with Gasteiger partial charge in [-0.3, -0.25) is 0 Å². The fourth-order valence-electron chi connectivity index (χ4n) is 1.99. The van der Waals surface area contributed by atoms with Gasteiger partial charge in [-0.05, 0) is 35.2 Å². The van der Waals surface area contributed by atoms with E-state index in [-0.39, 0.29) is 5.54 Å². The fourth-order valence-corrected chi connectivity index (χ4v) is 3.04. The Bertz CT molecular complexity index is 562. The normalized spacial score (nSPS) is 17.3. The quantitative estimate of drug-likeness (QED) is 0.558. The van der Waals surface area contributed by atoms with E-state index in [0.717, 1.165) is 12.8 Å². The molecule has 1 aliphatic rings. The first-order valence-electron chi connectivity index (χ1n) is 4.91. The van der Waals surface area contributed by atoms with Gasteiger partial charge in [0.05, 0.1) is 5.54 Å². The van der Waals surface area contributed by atoms with Crippen molar-refractivity contribution in [2.24, 2.45) is 4.99 Å². The maximum atomic E-state index is 10.4. The molecule has 0 radical (unpaired) electrons. The van der Waals surface area contributed by atoms with Crippen molar-refractivity contribution in [3.63, 3.8) is 0 Å². The van der Waals surface area contributed by atoms with Gasteiger partial charge in [0.25, 0.3) is 0 Å². The van der Waals surface area contributed by atoms with Crippen LogP contribution in [0.4, 0.5) is 0 Å². The summed E-state index contributed by atoms with van der Waals surface area (Å²) in [6.45, 7) is 0. The van der Waals surface area contributed by atoms with E-state index in [1.165, 1.54) is 15.6 Å². The number of fused-ring (bicyclic) bond motifs is 1. The van der Waals surface area contributed by atoms with Gasteiger partial charge in [-0.2, -0.15) is 4.99 Å². The molecule has 0 aliphatic heterocycles. The van der Waals surface area contributed by atoms with Gasteiger partial charge in [-0.25, -0.2) is 4.79 Å². The van der Waals surface area contributed by atoms with Gasteiger partial charge in [0.15, 0.2) is 0 Å². The van der Waals surface area contributed by atoms with Gasteiger partial charge in [-0.1, -0.05) is 18.2 Å². The zero-order valence-electron chi connectivity index (χ0n) is 8.06. The van der Waals surface area contributed by atoms with Crippen LogP contribution in [0.3, 0.4) is 0 Å². The summed E-state index contributed by atoms with van der Waals surface area (Å²) in [4.78, 5) is 14.4. The molecule has 1 aromatic heterocycles. The standard InChI is InChI=1S/C12H9NOS/c14-8-13-12(5-6-12)10-7-15-11-4-2-1-3-9(10)11/h1-4,7H,5-6H2. The first-order chi connectivity index (χ1) is 7.36. The summed E-state index contributed by atoms with van der Waals surface area (Å²) in [5, 5.41) is 3.36. The first kappa shape index (κ1) is 8.84. The molecule has 2 aromatic rings. The monoisotopic (exact) mass is 215 g/mol. The Morgan fingerprint density at radius 2 is 2.13 bits per heavy atom. The molecule has 0 spiro atoms. The molecular formula is C12H9NOS. The summed E-state index contributed by atoms with van der Waals surface area (Å²) in [5.74, 6) is 0. The minimum Gasteiger partial charge on any atom is -0.211 e. The lowest BCUT2D eigenvalue weighted by atomic mass is 10.0. The highest BCUT2D eigenvalue weighted by atomic mass is 32.1. The van der Waals surface area contributed by atoms with Crippen LogP contribution in [0.1, 0.15) is 18.4 Å². The van der Waals surface area contributed by atoms with E-state index >= 15 is 0 Å². The van der Waals surface area contributed by atoms with Crippen LogP contribution in [-0.4, -0.2) is 6.08 Å². The first-order valence-corrected chi connectivity index (χ1v) is 5.79. The second kappa shape index (κ2) is 3.02. The van der Waals surface area contributed by atoms with Gasteiger partial charge in [0.2, 0.25) is 6.08 Å². The molecule has 3 heteroatoms. The third-order valence-electron chi connectivity index (χ3n) is 2.97. The minimum atomic E-state index is -0.235. The Kier molecular flexibility index (Phi) is 1.78. The largest absolute Gasteiger partial charge is 0.235 e. The molecule has 0 bridgehead atoms. The SMILES string of the molecule is O=C=NC1(c2csc3ccccc23)CC1. The molecule has 1 heterocycles. The number of carbonyl (C=O) groups excluding carboxylic acids is 1. The van der Waals surface area contributed by atoms with Crippen LogP contribution >= 0.6 is 11.3 Å². The maximum Gasteiger partial charge on any atom is 0.235 e. The van der Waals surface area contributed by atoms with E-state index in [9.17, 15) is 4.79 Å². The molecule has 0 N–H and O–H groups in total. The summed E-state index contributed by atoms with van der Waals surface area (Å²) in [6, 6.07) is 8.26. The molecule has 15 heavy (non-hydrogen) atoms. The van der Waals surface area contributed by atoms with Gasteiger partial charge in [0.1, 0.15) is 0 Å². The predicted octanol–water partition coefficient (Wildman–Crippen LogP) is 3.23. The van der Waals surface area contributed by atoms with Crippen molar-refractivity contribution >= 4 is 27.5 Å². The van der Waals surface area contributed by atoms with E-state index < -0.39 is 0 Å². The molecule has 0 saturated heterocycles. The molecule has 1 saturated carbocycles. The fraction of sp³-hybridized carbons (Fsp3) is 0.250. The number of benzene rings is 1. The summed E-state index contributed by atoms with van der Waals surface area (Å²) in [7, 11) is 0. The average Bonchev–Trinajstić information content (AvgIpc) is 2.91. The van der Waals surface area contributed by atoms with Crippen molar-refractivity contribution in [2.45, 2.75) is 18.4 Å². The van der Waals surface area contributed by atoms with E-state index in [1.54, 1.807) is 17.4 Å². The number of thiophene rings is 1. The molecule has 0 amide bonds. The van der Waals surface area contributed by atoms with Crippen molar-refractivity contribution in [1.82, 2.24) is 0 Å². The molecular weight excluding hydrogens is 206 g/mol. The molecule has 0 atom stereocenters. The van der Waals surface area contributed by atoms with Crippen LogP contribution in [0.15, 0.2) is 34.6 Å². The van der Waals surface area contributed by atoms with Gasteiger partial charge in [0, 0.05) is 4.70 Å². The summed E-state index contributed by atoms with van der Waals surface area (Å²) < 4.78 is 1.26. The van der Waals surface area contributed by atoms with Crippen LogP contribution in [-0.2, 0) is 10.3 Å². The highest BCUT2D eigenvalue weighted by molar-refractivity contribution is 7.17. The number of rotatable bonds is 2. The number of isocyanates is 1. The predicted molar refractivity (Wildman–Crippen MR) is 60.9 cm³/mol. The highest BCUT2D eigenvalue weighted by Crippen LogP contribution is 2.52. The van der Waals surface area contributed by atoms with Crippen molar-refractivity contribution in [3.05, 3.63) is 35.2 Å². The number of hydrogen-bond acceptors (Lipinski definition) is 3. The lowest BCUT2D eigenvalue weighted by Gasteiger charge is -2.05. The van der Waals surface area contributed by atoms with E-state index in [4.69, 9.17) is 0 Å². The van der Waals surface area contributed by atoms with E-state index in [1.807, 2.05) is 12.1 Å². The maximum absolute atomic E-state index is 10.4. The van der Waals surface area contributed by atoms with Crippen molar-refractivity contribution in [1.29, 1.82) is 0 Å². The summed E-state index contributed by atoms with van der Waals surface area (Å²) in [5.41, 5.74) is 0.966. The topological polar surface area (TPSA) is 29.4 Å². The molecule has 0 unspecified atom stereocenters. The smallest absolute Gasteiger partial charge is 0.211 e.